The Morgan fingerprint density at radius 1 is 0.962 bits per heavy atom. The van der Waals surface area contributed by atoms with Gasteiger partial charge in [-0.3, -0.25) is 4.79 Å². The fourth-order valence-corrected chi connectivity index (χ4v) is 2.34. The second kappa shape index (κ2) is 11.3. The predicted octanol–water partition coefficient (Wildman–Crippen LogP) is 4.09. The molecule has 26 heavy (non-hydrogen) atoms. The second-order valence-electron chi connectivity index (χ2n) is 5.53. The summed E-state index contributed by atoms with van der Waals surface area (Å²) in [4.78, 5) is 11.9. The van der Waals surface area contributed by atoms with Crippen molar-refractivity contribution in [1.29, 1.82) is 0 Å². The van der Waals surface area contributed by atoms with Crippen LogP contribution in [0.5, 0.6) is 17.2 Å². The van der Waals surface area contributed by atoms with Gasteiger partial charge in [-0.05, 0) is 56.2 Å². The van der Waals surface area contributed by atoms with Crippen molar-refractivity contribution >= 4 is 17.5 Å². The van der Waals surface area contributed by atoms with Gasteiger partial charge >= 0.3 is 0 Å². The highest BCUT2D eigenvalue weighted by Gasteiger charge is 2.06. The largest absolute Gasteiger partial charge is 0.494 e. The molecule has 0 aliphatic carbocycles. The van der Waals surface area contributed by atoms with E-state index < -0.39 is 0 Å². The Kier molecular flexibility index (Phi) is 8.63. The first-order chi connectivity index (χ1) is 12.7. The molecule has 0 saturated heterocycles. The summed E-state index contributed by atoms with van der Waals surface area (Å²) in [6.45, 7) is 3.59. The van der Waals surface area contributed by atoms with Crippen molar-refractivity contribution in [1.82, 2.24) is 5.32 Å². The van der Waals surface area contributed by atoms with Gasteiger partial charge in [-0.25, -0.2) is 0 Å². The van der Waals surface area contributed by atoms with Crippen LogP contribution in [0.3, 0.4) is 0 Å². The van der Waals surface area contributed by atoms with Crippen LogP contribution in [-0.4, -0.2) is 32.3 Å². The smallest absolute Gasteiger partial charge is 0.257 e. The third-order valence-corrected chi connectivity index (χ3v) is 3.74. The Morgan fingerprint density at radius 3 is 2.35 bits per heavy atom. The molecule has 6 heteroatoms. The van der Waals surface area contributed by atoms with Crippen molar-refractivity contribution in [3.63, 3.8) is 0 Å². The molecular weight excluding hydrogens is 354 g/mol. The number of ether oxygens (including phenoxy) is 3. The van der Waals surface area contributed by atoms with E-state index in [4.69, 9.17) is 25.8 Å². The van der Waals surface area contributed by atoms with Crippen LogP contribution >= 0.6 is 11.6 Å². The Labute approximate surface area is 159 Å². The fourth-order valence-electron chi connectivity index (χ4n) is 2.21. The van der Waals surface area contributed by atoms with Gasteiger partial charge in [-0.1, -0.05) is 23.7 Å². The van der Waals surface area contributed by atoms with Gasteiger partial charge in [0.2, 0.25) is 0 Å². The summed E-state index contributed by atoms with van der Waals surface area (Å²) in [6, 6.07) is 14.6. The molecule has 0 saturated carbocycles. The van der Waals surface area contributed by atoms with Crippen LogP contribution in [0, 0.1) is 0 Å². The number of para-hydroxylation sites is 2. The Balaban J connectivity index is 1.57. The van der Waals surface area contributed by atoms with Gasteiger partial charge in [0.05, 0.1) is 13.2 Å². The van der Waals surface area contributed by atoms with Crippen LogP contribution in [0.1, 0.15) is 19.8 Å². The average molecular weight is 378 g/mol. The first-order valence-electron chi connectivity index (χ1n) is 8.68. The SMILES string of the molecule is CCOc1ccccc1OCC(=O)NCCCCOc1ccc(Cl)cc1. The normalized spacial score (nSPS) is 10.2. The number of benzene rings is 2. The highest BCUT2D eigenvalue weighted by atomic mass is 35.5. The Hall–Kier alpha value is -2.40. The number of amides is 1. The van der Waals surface area contributed by atoms with Crippen molar-refractivity contribution in [2.45, 2.75) is 19.8 Å². The summed E-state index contributed by atoms with van der Waals surface area (Å²) in [5.41, 5.74) is 0. The number of hydrogen-bond acceptors (Lipinski definition) is 4. The molecule has 0 fully saturated rings. The monoisotopic (exact) mass is 377 g/mol. The molecule has 140 valence electrons. The molecule has 0 radical (unpaired) electrons. The zero-order valence-electron chi connectivity index (χ0n) is 14.9. The molecule has 0 heterocycles. The van der Waals surface area contributed by atoms with Crippen LogP contribution in [-0.2, 0) is 4.79 Å². The van der Waals surface area contributed by atoms with Gasteiger partial charge in [0.15, 0.2) is 18.1 Å². The highest BCUT2D eigenvalue weighted by molar-refractivity contribution is 6.30. The van der Waals surface area contributed by atoms with Crippen LogP contribution in [0.25, 0.3) is 0 Å². The maximum absolute atomic E-state index is 11.9. The van der Waals surface area contributed by atoms with Gasteiger partial charge < -0.3 is 19.5 Å². The molecule has 2 aromatic carbocycles. The number of unbranched alkanes of at least 4 members (excludes halogenated alkanes) is 1. The van der Waals surface area contributed by atoms with E-state index in [-0.39, 0.29) is 12.5 Å². The van der Waals surface area contributed by atoms with E-state index in [1.54, 1.807) is 18.2 Å². The maximum atomic E-state index is 11.9. The molecule has 2 aromatic rings. The molecular formula is C20H24ClNO4. The standard InChI is InChI=1S/C20H24ClNO4/c1-2-24-18-7-3-4-8-19(18)26-15-20(23)22-13-5-6-14-25-17-11-9-16(21)10-12-17/h3-4,7-12H,2,5-6,13-15H2,1H3,(H,22,23). The lowest BCUT2D eigenvalue weighted by Gasteiger charge is -2.11. The van der Waals surface area contributed by atoms with E-state index >= 15 is 0 Å². The highest BCUT2D eigenvalue weighted by Crippen LogP contribution is 2.26. The van der Waals surface area contributed by atoms with E-state index in [2.05, 4.69) is 5.32 Å². The van der Waals surface area contributed by atoms with E-state index in [1.807, 2.05) is 37.3 Å². The Morgan fingerprint density at radius 2 is 1.65 bits per heavy atom. The van der Waals surface area contributed by atoms with E-state index in [9.17, 15) is 4.79 Å². The summed E-state index contributed by atoms with van der Waals surface area (Å²) in [7, 11) is 0. The molecule has 2 rings (SSSR count). The third-order valence-electron chi connectivity index (χ3n) is 3.48. The molecule has 0 bridgehead atoms. The quantitative estimate of drug-likeness (QED) is 0.599. The number of halogens is 1. The molecule has 0 unspecified atom stereocenters. The topological polar surface area (TPSA) is 56.8 Å². The minimum atomic E-state index is -0.157. The summed E-state index contributed by atoms with van der Waals surface area (Å²) >= 11 is 5.82. The van der Waals surface area contributed by atoms with Crippen LogP contribution in [0.2, 0.25) is 5.02 Å². The van der Waals surface area contributed by atoms with Gasteiger partial charge in [0.1, 0.15) is 5.75 Å². The zero-order chi connectivity index (χ0) is 18.6. The first kappa shape index (κ1) is 19.9. The van der Waals surface area contributed by atoms with E-state index in [0.717, 1.165) is 18.6 Å². The number of hydrogen-bond donors (Lipinski definition) is 1. The number of carbonyl (C=O) groups is 1. The molecule has 0 aromatic heterocycles. The minimum Gasteiger partial charge on any atom is -0.494 e. The summed E-state index contributed by atoms with van der Waals surface area (Å²) < 4.78 is 16.6. The van der Waals surface area contributed by atoms with Gasteiger partial charge in [-0.15, -0.1) is 0 Å². The van der Waals surface area contributed by atoms with Crippen molar-refractivity contribution < 1.29 is 19.0 Å². The zero-order valence-corrected chi connectivity index (χ0v) is 15.6. The Bertz CT molecular complexity index is 676. The lowest BCUT2D eigenvalue weighted by atomic mass is 10.3. The average Bonchev–Trinajstić information content (AvgIpc) is 2.65. The van der Waals surface area contributed by atoms with E-state index in [0.29, 0.717) is 36.3 Å². The molecule has 0 aliphatic heterocycles. The van der Waals surface area contributed by atoms with Crippen LogP contribution in [0.4, 0.5) is 0 Å². The number of carbonyl (C=O) groups excluding carboxylic acids is 1. The molecule has 0 spiro atoms. The van der Waals surface area contributed by atoms with Crippen molar-refractivity contribution in [2.24, 2.45) is 0 Å². The fraction of sp³-hybridized carbons (Fsp3) is 0.350. The maximum Gasteiger partial charge on any atom is 0.257 e. The molecule has 1 N–H and O–H groups in total. The lowest BCUT2D eigenvalue weighted by Crippen LogP contribution is -2.29. The molecule has 1 amide bonds. The predicted molar refractivity (Wildman–Crippen MR) is 102 cm³/mol. The molecule has 0 atom stereocenters. The second-order valence-corrected chi connectivity index (χ2v) is 5.96. The number of nitrogens with one attached hydrogen (secondary N) is 1. The first-order valence-corrected chi connectivity index (χ1v) is 9.06. The molecule has 0 aliphatic rings. The number of rotatable bonds is 11. The van der Waals surface area contributed by atoms with Crippen molar-refractivity contribution in [2.75, 3.05) is 26.4 Å². The van der Waals surface area contributed by atoms with Crippen LogP contribution < -0.4 is 19.5 Å². The lowest BCUT2D eigenvalue weighted by molar-refractivity contribution is -0.123. The van der Waals surface area contributed by atoms with E-state index in [1.165, 1.54) is 0 Å². The van der Waals surface area contributed by atoms with Gasteiger partial charge in [0.25, 0.3) is 5.91 Å². The van der Waals surface area contributed by atoms with Gasteiger partial charge in [-0.2, -0.15) is 0 Å². The summed E-state index contributed by atoms with van der Waals surface area (Å²) in [6.07, 6.45) is 1.67. The summed E-state index contributed by atoms with van der Waals surface area (Å²) in [5, 5.41) is 3.52. The van der Waals surface area contributed by atoms with Gasteiger partial charge in [0, 0.05) is 11.6 Å². The minimum absolute atomic E-state index is 0.0363. The third kappa shape index (κ3) is 7.23. The van der Waals surface area contributed by atoms with Crippen molar-refractivity contribution in [3.8, 4) is 17.2 Å². The molecule has 5 nitrogen and oxygen atoms in total. The van der Waals surface area contributed by atoms with Crippen molar-refractivity contribution in [3.05, 3.63) is 53.6 Å². The van der Waals surface area contributed by atoms with Crippen LogP contribution in [0.15, 0.2) is 48.5 Å². The summed E-state index contributed by atoms with van der Waals surface area (Å²) in [5.74, 6) is 1.85.